The highest BCUT2D eigenvalue weighted by Gasteiger charge is 2.26. The summed E-state index contributed by atoms with van der Waals surface area (Å²) in [6.45, 7) is 8.44. The van der Waals surface area contributed by atoms with Gasteiger partial charge in [-0.05, 0) is 59.6 Å². The Morgan fingerprint density at radius 2 is 1.73 bits per heavy atom. The molecule has 0 unspecified atom stereocenters. The maximum atomic E-state index is 12.3. The van der Waals surface area contributed by atoms with Crippen LogP contribution in [0.3, 0.4) is 0 Å². The number of alkyl carbamates (subject to hydrolysis) is 1. The van der Waals surface area contributed by atoms with Crippen molar-refractivity contribution in [2.45, 2.75) is 70.1 Å². The Hall–Kier alpha value is -2.17. The number of hydrogen-bond acceptors (Lipinski definition) is 7. The first-order chi connectivity index (χ1) is 13.8. The van der Waals surface area contributed by atoms with Crippen molar-refractivity contribution in [2.24, 2.45) is 0 Å². The van der Waals surface area contributed by atoms with E-state index >= 15 is 0 Å². The third-order valence-corrected chi connectivity index (χ3v) is 5.33. The Labute approximate surface area is 178 Å². The Balaban J connectivity index is 2.63. The van der Waals surface area contributed by atoms with Gasteiger partial charge in [-0.25, -0.2) is 22.7 Å². The third kappa shape index (κ3) is 9.55. The molecule has 1 aromatic carbocycles. The van der Waals surface area contributed by atoms with Gasteiger partial charge in [0.25, 0.3) is 0 Å². The highest BCUT2D eigenvalue weighted by Crippen LogP contribution is 2.12. The fourth-order valence-corrected chi connectivity index (χ4v) is 3.48. The van der Waals surface area contributed by atoms with Crippen LogP contribution in [0.4, 0.5) is 4.79 Å². The monoisotopic (exact) mass is 444 g/mol. The van der Waals surface area contributed by atoms with Gasteiger partial charge in [0.2, 0.25) is 10.0 Å². The lowest BCUT2D eigenvalue weighted by Crippen LogP contribution is -2.45. The molecule has 0 spiro atoms. The topological polar surface area (TPSA) is 131 Å². The predicted octanol–water partition coefficient (Wildman–Crippen LogP) is 1.87. The van der Waals surface area contributed by atoms with Crippen LogP contribution in [-0.2, 0) is 24.3 Å². The molecule has 0 aliphatic carbocycles. The molecule has 170 valence electrons. The normalized spacial score (nSPS) is 13.9. The first kappa shape index (κ1) is 25.9. The number of aliphatic hydroxyl groups excluding tert-OH is 1. The van der Waals surface area contributed by atoms with E-state index in [9.17, 15) is 23.1 Å². The highest BCUT2D eigenvalue weighted by atomic mass is 32.2. The van der Waals surface area contributed by atoms with E-state index in [2.05, 4.69) is 10.0 Å². The van der Waals surface area contributed by atoms with Gasteiger partial charge < -0.3 is 19.9 Å². The summed E-state index contributed by atoms with van der Waals surface area (Å²) in [5.41, 5.74) is 0.188. The summed E-state index contributed by atoms with van der Waals surface area (Å²) < 4.78 is 37.0. The number of aryl methyl sites for hydroxylation is 1. The number of benzene rings is 1. The van der Waals surface area contributed by atoms with Crippen LogP contribution in [0.25, 0.3) is 0 Å². The molecule has 0 bridgehead atoms. The van der Waals surface area contributed by atoms with Gasteiger partial charge in [-0.2, -0.15) is 0 Å². The molecular formula is C20H32N2O7S. The van der Waals surface area contributed by atoms with E-state index in [1.807, 2.05) is 6.92 Å². The Morgan fingerprint density at radius 3 is 2.27 bits per heavy atom. The molecule has 2 atom stereocenters. The van der Waals surface area contributed by atoms with E-state index in [-0.39, 0.29) is 30.9 Å². The largest absolute Gasteiger partial charge is 0.464 e. The minimum Gasteiger partial charge on any atom is -0.464 e. The molecule has 0 saturated carbocycles. The zero-order valence-corrected chi connectivity index (χ0v) is 18.9. The molecule has 1 rings (SSSR count). The van der Waals surface area contributed by atoms with Crippen LogP contribution in [0.2, 0.25) is 0 Å². The molecule has 9 nitrogen and oxygen atoms in total. The summed E-state index contributed by atoms with van der Waals surface area (Å²) in [6.07, 6.45) is -1.75. The summed E-state index contributed by atoms with van der Waals surface area (Å²) in [7, 11) is -3.77. The number of carbonyl (C=O) groups is 2. The van der Waals surface area contributed by atoms with Gasteiger partial charge in [-0.1, -0.05) is 17.7 Å². The lowest BCUT2D eigenvalue weighted by Gasteiger charge is -2.23. The summed E-state index contributed by atoms with van der Waals surface area (Å²) in [5, 5.41) is 12.6. The van der Waals surface area contributed by atoms with Crippen molar-refractivity contribution in [1.82, 2.24) is 10.0 Å². The fourth-order valence-electron chi connectivity index (χ4n) is 2.41. The summed E-state index contributed by atoms with van der Waals surface area (Å²) in [6, 6.07) is 5.29. The SMILES string of the molecule is CCOC(=O)[C@H](CC[C@H](O)CNS(=O)(=O)c1ccc(C)cc1)NC(=O)OC(C)(C)C. The molecule has 0 saturated heterocycles. The number of ether oxygens (including phenoxy) is 2. The van der Waals surface area contributed by atoms with Crippen LogP contribution >= 0.6 is 0 Å². The fraction of sp³-hybridized carbons (Fsp3) is 0.600. The van der Waals surface area contributed by atoms with E-state index in [1.165, 1.54) is 12.1 Å². The molecule has 0 heterocycles. The van der Waals surface area contributed by atoms with Crippen molar-refractivity contribution in [3.63, 3.8) is 0 Å². The average Bonchev–Trinajstić information content (AvgIpc) is 2.62. The molecule has 10 heteroatoms. The van der Waals surface area contributed by atoms with Gasteiger partial charge >= 0.3 is 12.1 Å². The Kier molecular flexibility index (Phi) is 9.73. The summed E-state index contributed by atoms with van der Waals surface area (Å²) in [4.78, 5) is 24.2. The zero-order valence-electron chi connectivity index (χ0n) is 18.1. The molecule has 1 amide bonds. The maximum absolute atomic E-state index is 12.3. The highest BCUT2D eigenvalue weighted by molar-refractivity contribution is 7.89. The van der Waals surface area contributed by atoms with E-state index in [0.717, 1.165) is 5.56 Å². The van der Waals surface area contributed by atoms with Gasteiger partial charge in [0, 0.05) is 6.54 Å². The lowest BCUT2D eigenvalue weighted by molar-refractivity contribution is -0.146. The molecule has 30 heavy (non-hydrogen) atoms. The number of nitrogens with one attached hydrogen (secondary N) is 2. The van der Waals surface area contributed by atoms with Gasteiger partial charge in [-0.3, -0.25) is 0 Å². The quantitative estimate of drug-likeness (QED) is 0.470. The Bertz CT molecular complexity index is 801. The van der Waals surface area contributed by atoms with Crippen LogP contribution in [0.5, 0.6) is 0 Å². The molecule has 0 aliphatic rings. The minimum absolute atomic E-state index is 0.0471. The number of aliphatic hydroxyl groups is 1. The number of sulfonamides is 1. The standard InChI is InChI=1S/C20H32N2O7S/c1-6-28-18(24)17(22-19(25)29-20(3,4)5)12-9-15(23)13-21-30(26,27)16-10-7-14(2)8-11-16/h7-8,10-11,15,17,21,23H,6,9,12-13H2,1-5H3,(H,22,25)/t15-,17-/m0/s1. The van der Waals surface area contributed by atoms with Crippen molar-refractivity contribution >= 4 is 22.1 Å². The van der Waals surface area contributed by atoms with Gasteiger partial charge in [0.1, 0.15) is 11.6 Å². The maximum Gasteiger partial charge on any atom is 0.408 e. The van der Waals surface area contributed by atoms with Crippen LogP contribution in [0.1, 0.15) is 46.1 Å². The van der Waals surface area contributed by atoms with Gasteiger partial charge in [0.15, 0.2) is 0 Å². The average molecular weight is 445 g/mol. The third-order valence-electron chi connectivity index (χ3n) is 3.89. The zero-order chi connectivity index (χ0) is 22.9. The van der Waals surface area contributed by atoms with E-state index in [1.54, 1.807) is 39.8 Å². The van der Waals surface area contributed by atoms with E-state index in [4.69, 9.17) is 9.47 Å². The molecule has 1 aromatic rings. The van der Waals surface area contributed by atoms with Crippen molar-refractivity contribution in [2.75, 3.05) is 13.2 Å². The summed E-state index contributed by atoms with van der Waals surface area (Å²) >= 11 is 0. The molecule has 0 fully saturated rings. The van der Waals surface area contributed by atoms with Crippen molar-refractivity contribution in [3.8, 4) is 0 Å². The van der Waals surface area contributed by atoms with Crippen LogP contribution in [0, 0.1) is 6.92 Å². The first-order valence-electron chi connectivity index (χ1n) is 9.74. The molecule has 0 radical (unpaired) electrons. The molecule has 0 aliphatic heterocycles. The number of amides is 1. The van der Waals surface area contributed by atoms with Crippen LogP contribution in [-0.4, -0.2) is 56.5 Å². The van der Waals surface area contributed by atoms with Crippen molar-refractivity contribution < 1.29 is 32.6 Å². The molecule has 0 aromatic heterocycles. The number of rotatable bonds is 10. The predicted molar refractivity (Wildman–Crippen MR) is 111 cm³/mol. The lowest BCUT2D eigenvalue weighted by atomic mass is 10.1. The Morgan fingerprint density at radius 1 is 1.13 bits per heavy atom. The smallest absolute Gasteiger partial charge is 0.408 e. The second-order valence-corrected chi connectivity index (χ2v) is 9.61. The number of hydrogen-bond donors (Lipinski definition) is 3. The van der Waals surface area contributed by atoms with Gasteiger partial charge in [-0.15, -0.1) is 0 Å². The number of esters is 1. The molecular weight excluding hydrogens is 412 g/mol. The van der Waals surface area contributed by atoms with Crippen LogP contribution < -0.4 is 10.0 Å². The number of carbonyl (C=O) groups excluding carboxylic acids is 2. The van der Waals surface area contributed by atoms with Gasteiger partial charge in [0.05, 0.1) is 17.6 Å². The molecule has 3 N–H and O–H groups in total. The van der Waals surface area contributed by atoms with E-state index < -0.39 is 39.8 Å². The first-order valence-corrected chi connectivity index (χ1v) is 11.2. The second kappa shape index (κ2) is 11.3. The van der Waals surface area contributed by atoms with Crippen molar-refractivity contribution in [1.29, 1.82) is 0 Å². The summed E-state index contributed by atoms with van der Waals surface area (Å²) in [5.74, 6) is -0.657. The minimum atomic E-state index is -3.77. The van der Waals surface area contributed by atoms with Crippen molar-refractivity contribution in [3.05, 3.63) is 29.8 Å². The van der Waals surface area contributed by atoms with Crippen LogP contribution in [0.15, 0.2) is 29.2 Å². The van der Waals surface area contributed by atoms with E-state index in [0.29, 0.717) is 0 Å². The second-order valence-electron chi connectivity index (χ2n) is 7.85.